The van der Waals surface area contributed by atoms with Crippen molar-refractivity contribution in [2.75, 3.05) is 23.9 Å². The lowest BCUT2D eigenvalue weighted by molar-refractivity contribution is -0.114. The van der Waals surface area contributed by atoms with Gasteiger partial charge in [0.2, 0.25) is 5.91 Å². The number of thiophene rings is 1. The second-order valence-corrected chi connectivity index (χ2v) is 10.2. The molecule has 0 unspecified atom stereocenters. The van der Waals surface area contributed by atoms with Crippen LogP contribution in [0, 0.1) is 0 Å². The van der Waals surface area contributed by atoms with E-state index in [0.717, 1.165) is 33.8 Å². The summed E-state index contributed by atoms with van der Waals surface area (Å²) in [4.78, 5) is 38.6. The van der Waals surface area contributed by atoms with Gasteiger partial charge < -0.3 is 10.1 Å². The molecule has 2 aromatic rings. The van der Waals surface area contributed by atoms with Gasteiger partial charge in [0.1, 0.15) is 20.6 Å². The second kappa shape index (κ2) is 6.96. The monoisotopic (exact) mass is 434 g/mol. The molecule has 1 aromatic carbocycles. The summed E-state index contributed by atoms with van der Waals surface area (Å²) >= 11 is 1.09. The zero-order chi connectivity index (χ0) is 20.9. The quantitative estimate of drug-likeness (QED) is 0.721. The Balaban J connectivity index is 1.77. The minimum Gasteiger partial charge on any atom is -0.493 e. The molecule has 2 aliphatic rings. The number of nitrogens with zero attached hydrogens (tertiary/aromatic N) is 1. The standard InChI is InChI=1S/C19H18N2O6S2/c1-10(22)20-17-16-13(8-28-17)18(23)21(19(16)24)14(9-29(2,25)26)11-3-4-15-12(7-11)5-6-27-15/h3-4,7-8,14H,5-6,9H2,1-2H3,(H,20,22)/t14-/m0/s1. The van der Waals surface area contributed by atoms with Gasteiger partial charge in [-0.3, -0.25) is 19.3 Å². The van der Waals surface area contributed by atoms with E-state index < -0.39 is 33.4 Å². The van der Waals surface area contributed by atoms with E-state index in [1.807, 2.05) is 0 Å². The number of carbonyl (C=O) groups is 3. The number of amides is 3. The molecule has 3 amide bonds. The maximum atomic E-state index is 13.1. The number of benzene rings is 1. The Morgan fingerprint density at radius 3 is 2.76 bits per heavy atom. The van der Waals surface area contributed by atoms with Gasteiger partial charge in [0.15, 0.2) is 0 Å². The molecule has 3 heterocycles. The molecule has 4 rings (SSSR count). The Morgan fingerprint density at radius 1 is 1.31 bits per heavy atom. The van der Waals surface area contributed by atoms with Gasteiger partial charge in [-0.25, -0.2) is 8.42 Å². The molecule has 29 heavy (non-hydrogen) atoms. The van der Waals surface area contributed by atoms with Crippen molar-refractivity contribution in [3.63, 3.8) is 0 Å². The van der Waals surface area contributed by atoms with Crippen LogP contribution >= 0.6 is 11.3 Å². The summed E-state index contributed by atoms with van der Waals surface area (Å²) in [6, 6.07) is 4.23. The van der Waals surface area contributed by atoms with Crippen molar-refractivity contribution in [3.8, 4) is 5.75 Å². The van der Waals surface area contributed by atoms with Crippen LogP contribution < -0.4 is 10.1 Å². The first-order valence-electron chi connectivity index (χ1n) is 8.86. The molecule has 0 radical (unpaired) electrons. The second-order valence-electron chi connectivity index (χ2n) is 7.09. The van der Waals surface area contributed by atoms with Crippen molar-refractivity contribution in [1.29, 1.82) is 0 Å². The number of imide groups is 1. The first-order chi connectivity index (χ1) is 13.7. The van der Waals surface area contributed by atoms with Crippen molar-refractivity contribution in [2.45, 2.75) is 19.4 Å². The summed E-state index contributed by atoms with van der Waals surface area (Å²) in [5.41, 5.74) is 1.74. The fourth-order valence-corrected chi connectivity index (χ4v) is 5.51. The largest absolute Gasteiger partial charge is 0.493 e. The summed E-state index contributed by atoms with van der Waals surface area (Å²) in [6.07, 6.45) is 1.75. The Labute approximate surface area is 171 Å². The zero-order valence-corrected chi connectivity index (χ0v) is 17.4. The molecule has 2 aliphatic heterocycles. The summed E-state index contributed by atoms with van der Waals surface area (Å²) in [7, 11) is -3.51. The maximum absolute atomic E-state index is 13.1. The highest BCUT2D eigenvalue weighted by Crippen LogP contribution is 2.40. The van der Waals surface area contributed by atoms with Gasteiger partial charge in [0, 0.05) is 25.0 Å². The van der Waals surface area contributed by atoms with Crippen LogP contribution in [0.2, 0.25) is 0 Å². The minimum atomic E-state index is -3.51. The van der Waals surface area contributed by atoms with Gasteiger partial charge in [-0.1, -0.05) is 6.07 Å². The molecule has 0 saturated heterocycles. The summed E-state index contributed by atoms with van der Waals surface area (Å²) in [5.74, 6) is -1.21. The van der Waals surface area contributed by atoms with Crippen LogP contribution in [0.1, 0.15) is 44.8 Å². The number of anilines is 1. The van der Waals surface area contributed by atoms with E-state index in [-0.39, 0.29) is 22.0 Å². The predicted molar refractivity (Wildman–Crippen MR) is 107 cm³/mol. The Morgan fingerprint density at radius 2 is 2.07 bits per heavy atom. The maximum Gasteiger partial charge on any atom is 0.265 e. The van der Waals surface area contributed by atoms with E-state index in [1.165, 1.54) is 12.3 Å². The minimum absolute atomic E-state index is 0.109. The zero-order valence-electron chi connectivity index (χ0n) is 15.7. The highest BCUT2D eigenvalue weighted by atomic mass is 32.2. The lowest BCUT2D eigenvalue weighted by atomic mass is 10.0. The van der Waals surface area contributed by atoms with Crippen LogP contribution in [0.25, 0.3) is 0 Å². The van der Waals surface area contributed by atoms with E-state index >= 15 is 0 Å². The first kappa shape index (κ1) is 19.6. The van der Waals surface area contributed by atoms with Crippen LogP contribution in [0.5, 0.6) is 5.75 Å². The number of hydrogen-bond acceptors (Lipinski definition) is 7. The van der Waals surface area contributed by atoms with Crippen molar-refractivity contribution >= 4 is 43.9 Å². The molecule has 1 N–H and O–H groups in total. The van der Waals surface area contributed by atoms with Crippen molar-refractivity contribution in [3.05, 3.63) is 45.8 Å². The average Bonchev–Trinajstić information content (AvgIpc) is 3.30. The van der Waals surface area contributed by atoms with E-state index in [9.17, 15) is 22.8 Å². The van der Waals surface area contributed by atoms with E-state index in [4.69, 9.17) is 4.74 Å². The van der Waals surface area contributed by atoms with Crippen molar-refractivity contribution in [2.24, 2.45) is 0 Å². The third-order valence-corrected chi connectivity index (χ3v) is 6.65. The van der Waals surface area contributed by atoms with Crippen LogP contribution in [-0.4, -0.2) is 49.7 Å². The van der Waals surface area contributed by atoms with E-state index in [0.29, 0.717) is 18.6 Å². The fraction of sp³-hybridized carbons (Fsp3) is 0.316. The predicted octanol–water partition coefficient (Wildman–Crippen LogP) is 2.02. The van der Waals surface area contributed by atoms with Crippen LogP contribution in [0.3, 0.4) is 0 Å². The Kier molecular flexibility index (Phi) is 4.70. The summed E-state index contributed by atoms with van der Waals surface area (Å²) in [5, 5.41) is 4.36. The van der Waals surface area contributed by atoms with Crippen molar-refractivity contribution < 1.29 is 27.5 Å². The Hall–Kier alpha value is -2.72. The molecule has 0 fully saturated rings. The number of hydrogen-bond donors (Lipinski definition) is 1. The third-order valence-electron chi connectivity index (χ3n) is 4.83. The highest BCUT2D eigenvalue weighted by molar-refractivity contribution is 7.90. The topological polar surface area (TPSA) is 110 Å². The van der Waals surface area contributed by atoms with Gasteiger partial charge in [-0.05, 0) is 23.3 Å². The van der Waals surface area contributed by atoms with E-state index in [1.54, 1.807) is 18.2 Å². The third kappa shape index (κ3) is 3.53. The molecule has 1 aromatic heterocycles. The van der Waals surface area contributed by atoms with Gasteiger partial charge in [0.25, 0.3) is 11.8 Å². The molecular weight excluding hydrogens is 416 g/mol. The van der Waals surface area contributed by atoms with Gasteiger partial charge >= 0.3 is 0 Å². The number of ether oxygens (including phenoxy) is 1. The molecule has 0 aliphatic carbocycles. The summed E-state index contributed by atoms with van der Waals surface area (Å²) in [6.45, 7) is 1.85. The first-order valence-corrected chi connectivity index (χ1v) is 11.8. The number of nitrogens with one attached hydrogen (secondary N) is 1. The van der Waals surface area contributed by atoms with Gasteiger partial charge in [-0.2, -0.15) is 0 Å². The molecule has 1 atom stereocenters. The average molecular weight is 434 g/mol. The SMILES string of the molecule is CC(=O)Nc1scc2c1C(=O)N([C@@H](CS(C)(=O)=O)c1ccc3c(c1)CCO3)C2=O. The number of rotatable bonds is 5. The number of fused-ring (bicyclic) bond motifs is 2. The molecular formula is C19H18N2O6S2. The smallest absolute Gasteiger partial charge is 0.265 e. The highest BCUT2D eigenvalue weighted by Gasteiger charge is 2.44. The summed E-state index contributed by atoms with van der Waals surface area (Å²) < 4.78 is 29.7. The molecule has 8 nitrogen and oxygen atoms in total. The molecule has 152 valence electrons. The lowest BCUT2D eigenvalue weighted by Crippen LogP contribution is -2.38. The van der Waals surface area contributed by atoms with Crippen LogP contribution in [0.4, 0.5) is 5.00 Å². The lowest BCUT2D eigenvalue weighted by Gasteiger charge is -2.26. The van der Waals surface area contributed by atoms with Crippen LogP contribution in [-0.2, 0) is 21.1 Å². The molecule has 0 saturated carbocycles. The van der Waals surface area contributed by atoms with E-state index in [2.05, 4.69) is 5.32 Å². The fourth-order valence-electron chi connectivity index (χ4n) is 3.63. The molecule has 0 bridgehead atoms. The van der Waals surface area contributed by atoms with Crippen molar-refractivity contribution in [1.82, 2.24) is 4.90 Å². The molecule has 0 spiro atoms. The van der Waals surface area contributed by atoms with Gasteiger partial charge in [-0.15, -0.1) is 11.3 Å². The number of sulfone groups is 1. The van der Waals surface area contributed by atoms with Gasteiger partial charge in [0.05, 0.1) is 29.5 Å². The number of carbonyl (C=O) groups excluding carboxylic acids is 3. The van der Waals surface area contributed by atoms with Crippen LogP contribution in [0.15, 0.2) is 23.6 Å². The molecule has 10 heteroatoms. The normalized spacial score (nSPS) is 16.4. The Bertz CT molecular complexity index is 1150.